The molecule has 0 saturated heterocycles. The monoisotopic (exact) mass is 192 g/mol. The van der Waals surface area contributed by atoms with Crippen molar-refractivity contribution in [1.82, 2.24) is 0 Å². The van der Waals surface area contributed by atoms with Crippen LogP contribution in [0.4, 0.5) is 0 Å². The second-order valence-electron chi connectivity index (χ2n) is 4.24. The zero-order chi connectivity index (χ0) is 10.4. The summed E-state index contributed by atoms with van der Waals surface area (Å²) < 4.78 is 5.61. The molecule has 0 aromatic heterocycles. The van der Waals surface area contributed by atoms with E-state index in [1.807, 2.05) is 6.07 Å². The lowest BCUT2D eigenvalue weighted by molar-refractivity contribution is 0.100. The van der Waals surface area contributed by atoms with Crippen LogP contribution in [0, 0.1) is 5.92 Å². The van der Waals surface area contributed by atoms with Gasteiger partial charge in [-0.25, -0.2) is 0 Å². The van der Waals surface area contributed by atoms with Crippen molar-refractivity contribution >= 4 is 0 Å². The Kier molecular flexibility index (Phi) is 4.68. The molecule has 0 heterocycles. The number of hydrogen-bond donors (Lipinski definition) is 0. The highest BCUT2D eigenvalue weighted by Gasteiger charge is 2.04. The Balaban J connectivity index is 2.32. The van der Waals surface area contributed by atoms with E-state index in [0.29, 0.717) is 11.8 Å². The highest BCUT2D eigenvalue weighted by molar-refractivity contribution is 5.18. The molecule has 78 valence electrons. The highest BCUT2D eigenvalue weighted by atomic mass is 16.5. The fourth-order valence-electron chi connectivity index (χ4n) is 1.36. The Hall–Kier alpha value is -0.820. The molecule has 0 aliphatic carbocycles. The fraction of sp³-hybridized carbons (Fsp3) is 0.538. The van der Waals surface area contributed by atoms with Gasteiger partial charge in [0.15, 0.2) is 0 Å². The van der Waals surface area contributed by atoms with Crippen molar-refractivity contribution in [2.75, 3.05) is 13.2 Å². The summed E-state index contributed by atoms with van der Waals surface area (Å²) in [7, 11) is 0. The van der Waals surface area contributed by atoms with Gasteiger partial charge < -0.3 is 4.74 Å². The summed E-state index contributed by atoms with van der Waals surface area (Å²) in [5.74, 6) is 1.12. The predicted octanol–water partition coefficient (Wildman–Crippen LogP) is 3.46. The maximum Gasteiger partial charge on any atom is 0.0532 e. The smallest absolute Gasteiger partial charge is 0.0532 e. The third-order valence-electron chi connectivity index (χ3n) is 2.19. The van der Waals surface area contributed by atoms with Gasteiger partial charge in [0.2, 0.25) is 0 Å². The van der Waals surface area contributed by atoms with E-state index < -0.39 is 0 Å². The van der Waals surface area contributed by atoms with Gasteiger partial charge in [-0.2, -0.15) is 0 Å². The molecular weight excluding hydrogens is 172 g/mol. The van der Waals surface area contributed by atoms with E-state index in [9.17, 15) is 0 Å². The molecule has 1 rings (SSSR count). The molecule has 0 N–H and O–H groups in total. The van der Waals surface area contributed by atoms with Crippen LogP contribution in [0.3, 0.4) is 0 Å². The van der Waals surface area contributed by atoms with Crippen molar-refractivity contribution in [2.45, 2.75) is 26.7 Å². The lowest BCUT2D eigenvalue weighted by atomic mass is 10.0. The number of benzene rings is 1. The predicted molar refractivity (Wildman–Crippen MR) is 60.5 cm³/mol. The SMILES string of the molecule is CC(C)COCC(C)c1ccccc1. The van der Waals surface area contributed by atoms with Gasteiger partial charge in [-0.1, -0.05) is 51.1 Å². The molecule has 14 heavy (non-hydrogen) atoms. The number of rotatable bonds is 5. The first-order valence-corrected chi connectivity index (χ1v) is 5.33. The molecular formula is C13H20O. The fourth-order valence-corrected chi connectivity index (χ4v) is 1.36. The van der Waals surface area contributed by atoms with E-state index in [4.69, 9.17) is 4.74 Å². The lowest BCUT2D eigenvalue weighted by Crippen LogP contribution is -2.08. The Labute approximate surface area is 87.1 Å². The van der Waals surface area contributed by atoms with Crippen LogP contribution in [0.15, 0.2) is 30.3 Å². The van der Waals surface area contributed by atoms with Crippen LogP contribution in [0.25, 0.3) is 0 Å². The largest absolute Gasteiger partial charge is 0.381 e. The van der Waals surface area contributed by atoms with E-state index in [-0.39, 0.29) is 0 Å². The molecule has 1 nitrogen and oxygen atoms in total. The average Bonchev–Trinajstić information content (AvgIpc) is 2.18. The van der Waals surface area contributed by atoms with E-state index in [1.165, 1.54) is 5.56 Å². The third kappa shape index (κ3) is 3.93. The summed E-state index contributed by atoms with van der Waals surface area (Å²) in [4.78, 5) is 0. The third-order valence-corrected chi connectivity index (χ3v) is 2.19. The summed E-state index contributed by atoms with van der Waals surface area (Å²) in [6.45, 7) is 8.23. The van der Waals surface area contributed by atoms with Gasteiger partial charge in [0.05, 0.1) is 6.61 Å². The van der Waals surface area contributed by atoms with Crippen molar-refractivity contribution in [2.24, 2.45) is 5.92 Å². The van der Waals surface area contributed by atoms with Crippen molar-refractivity contribution in [3.8, 4) is 0 Å². The van der Waals surface area contributed by atoms with Crippen LogP contribution >= 0.6 is 0 Å². The van der Waals surface area contributed by atoms with E-state index >= 15 is 0 Å². The Morgan fingerprint density at radius 1 is 1.00 bits per heavy atom. The van der Waals surface area contributed by atoms with Gasteiger partial charge in [0.1, 0.15) is 0 Å². The number of hydrogen-bond acceptors (Lipinski definition) is 1. The van der Waals surface area contributed by atoms with Crippen molar-refractivity contribution in [1.29, 1.82) is 0 Å². The Bertz CT molecular complexity index is 241. The average molecular weight is 192 g/mol. The second-order valence-corrected chi connectivity index (χ2v) is 4.24. The molecule has 0 aliphatic rings. The van der Waals surface area contributed by atoms with E-state index in [1.54, 1.807) is 0 Å². The molecule has 0 spiro atoms. The van der Waals surface area contributed by atoms with Crippen LogP contribution in [0.1, 0.15) is 32.3 Å². The first kappa shape index (κ1) is 11.3. The summed E-state index contributed by atoms with van der Waals surface area (Å²) in [6, 6.07) is 10.5. The van der Waals surface area contributed by atoms with Gasteiger partial charge in [0.25, 0.3) is 0 Å². The summed E-state index contributed by atoms with van der Waals surface area (Å²) >= 11 is 0. The van der Waals surface area contributed by atoms with Crippen molar-refractivity contribution in [3.05, 3.63) is 35.9 Å². The summed E-state index contributed by atoms with van der Waals surface area (Å²) in [5, 5.41) is 0. The van der Waals surface area contributed by atoms with Gasteiger partial charge in [-0.3, -0.25) is 0 Å². The van der Waals surface area contributed by atoms with Gasteiger partial charge in [0, 0.05) is 12.5 Å². The van der Waals surface area contributed by atoms with Crippen LogP contribution < -0.4 is 0 Å². The highest BCUT2D eigenvalue weighted by Crippen LogP contribution is 2.14. The first-order valence-electron chi connectivity index (χ1n) is 5.33. The van der Waals surface area contributed by atoms with Crippen LogP contribution in [0.5, 0.6) is 0 Å². The Morgan fingerprint density at radius 3 is 2.21 bits per heavy atom. The van der Waals surface area contributed by atoms with Crippen LogP contribution in [-0.4, -0.2) is 13.2 Å². The van der Waals surface area contributed by atoms with Gasteiger partial charge >= 0.3 is 0 Å². The molecule has 0 bridgehead atoms. The number of ether oxygens (including phenoxy) is 1. The second kappa shape index (κ2) is 5.82. The standard InChI is InChI=1S/C13H20O/c1-11(2)9-14-10-12(3)13-7-5-4-6-8-13/h4-8,11-12H,9-10H2,1-3H3. The lowest BCUT2D eigenvalue weighted by Gasteiger charge is -2.13. The van der Waals surface area contributed by atoms with Crippen molar-refractivity contribution in [3.63, 3.8) is 0 Å². The quantitative estimate of drug-likeness (QED) is 0.694. The molecule has 0 saturated carbocycles. The minimum Gasteiger partial charge on any atom is -0.381 e. The maximum absolute atomic E-state index is 5.61. The summed E-state index contributed by atoms with van der Waals surface area (Å²) in [5.41, 5.74) is 1.36. The normalized spacial score (nSPS) is 13.1. The zero-order valence-electron chi connectivity index (χ0n) is 9.36. The van der Waals surface area contributed by atoms with Gasteiger partial charge in [-0.15, -0.1) is 0 Å². The molecule has 0 amide bonds. The molecule has 1 aromatic rings. The molecule has 0 fully saturated rings. The maximum atomic E-state index is 5.61. The van der Waals surface area contributed by atoms with E-state index in [0.717, 1.165) is 13.2 Å². The Morgan fingerprint density at radius 2 is 1.64 bits per heavy atom. The molecule has 1 atom stereocenters. The van der Waals surface area contributed by atoms with Crippen LogP contribution in [0.2, 0.25) is 0 Å². The zero-order valence-corrected chi connectivity index (χ0v) is 9.36. The first-order chi connectivity index (χ1) is 6.70. The minimum atomic E-state index is 0.495. The molecule has 1 aromatic carbocycles. The van der Waals surface area contributed by atoms with Gasteiger partial charge in [-0.05, 0) is 11.5 Å². The van der Waals surface area contributed by atoms with E-state index in [2.05, 4.69) is 45.0 Å². The topological polar surface area (TPSA) is 9.23 Å². The van der Waals surface area contributed by atoms with Crippen LogP contribution in [-0.2, 0) is 4.74 Å². The molecule has 0 aliphatic heterocycles. The molecule has 0 radical (unpaired) electrons. The molecule has 1 unspecified atom stereocenters. The van der Waals surface area contributed by atoms with Crippen molar-refractivity contribution < 1.29 is 4.74 Å². The minimum absolute atomic E-state index is 0.495. The summed E-state index contributed by atoms with van der Waals surface area (Å²) in [6.07, 6.45) is 0. The molecule has 1 heteroatoms.